The number of alkyl halides is 3. The first kappa shape index (κ1) is 20.2. The van der Waals surface area contributed by atoms with Crippen LogP contribution in [0.2, 0.25) is 0 Å². The predicted molar refractivity (Wildman–Crippen MR) is 106 cm³/mol. The molecular weight excluding hydrogens is 397 g/mol. The van der Waals surface area contributed by atoms with E-state index in [0.29, 0.717) is 6.54 Å². The Balaban J connectivity index is 1.79. The van der Waals surface area contributed by atoms with Gasteiger partial charge >= 0.3 is 6.18 Å². The highest BCUT2D eigenvalue weighted by molar-refractivity contribution is 6.11. The molecule has 0 spiro atoms. The molecular formula is C21H21F3N4O2. The normalized spacial score (nSPS) is 15.4. The molecule has 1 saturated carbocycles. The van der Waals surface area contributed by atoms with Gasteiger partial charge in [0.05, 0.1) is 5.56 Å². The van der Waals surface area contributed by atoms with Crippen molar-refractivity contribution in [1.29, 1.82) is 0 Å². The number of hydrogen-bond donors (Lipinski definition) is 2. The number of benzene rings is 1. The molecule has 1 aliphatic rings. The average molecular weight is 418 g/mol. The van der Waals surface area contributed by atoms with Crippen molar-refractivity contribution >= 4 is 22.5 Å². The number of anilines is 1. The standard InChI is InChI=1S/C21H21F3N4O2/c22-21(23,24)16-8-4-7-15-18(16)27-28(12-13-5-2-1-3-6-13)19(15)20(30)26-14-9-10-25-17(29)11-14/h4,7-11,13H,1-3,5-6,12H2,(H2,25,26,29,30). The summed E-state index contributed by atoms with van der Waals surface area (Å²) >= 11 is 0. The molecule has 30 heavy (non-hydrogen) atoms. The van der Waals surface area contributed by atoms with E-state index in [9.17, 15) is 22.8 Å². The number of fused-ring (bicyclic) bond motifs is 1. The summed E-state index contributed by atoms with van der Waals surface area (Å²) in [5, 5.41) is 6.98. The van der Waals surface area contributed by atoms with Crippen LogP contribution in [0.4, 0.5) is 18.9 Å². The minimum absolute atomic E-state index is 0.0713. The van der Waals surface area contributed by atoms with Gasteiger partial charge in [-0.3, -0.25) is 14.3 Å². The first-order chi connectivity index (χ1) is 14.3. The van der Waals surface area contributed by atoms with E-state index in [-0.39, 0.29) is 28.2 Å². The fourth-order valence-corrected chi connectivity index (χ4v) is 4.08. The fraction of sp³-hybridized carbons (Fsp3) is 0.381. The van der Waals surface area contributed by atoms with Crippen molar-refractivity contribution in [2.75, 3.05) is 5.32 Å². The highest BCUT2D eigenvalue weighted by atomic mass is 19.4. The van der Waals surface area contributed by atoms with Crippen LogP contribution in [0.5, 0.6) is 0 Å². The molecule has 4 rings (SSSR count). The lowest BCUT2D eigenvalue weighted by Crippen LogP contribution is -2.22. The van der Waals surface area contributed by atoms with E-state index in [0.717, 1.165) is 38.2 Å². The lowest BCUT2D eigenvalue weighted by atomic mass is 9.89. The van der Waals surface area contributed by atoms with Gasteiger partial charge in [-0.15, -0.1) is 0 Å². The minimum Gasteiger partial charge on any atom is -0.329 e. The molecule has 0 atom stereocenters. The Kier molecular flexibility index (Phi) is 5.36. The van der Waals surface area contributed by atoms with Crippen molar-refractivity contribution < 1.29 is 18.0 Å². The molecule has 2 N–H and O–H groups in total. The van der Waals surface area contributed by atoms with Gasteiger partial charge in [0.1, 0.15) is 11.2 Å². The van der Waals surface area contributed by atoms with Gasteiger partial charge in [-0.05, 0) is 30.9 Å². The Morgan fingerprint density at radius 1 is 1.20 bits per heavy atom. The third-order valence-corrected chi connectivity index (χ3v) is 5.48. The van der Waals surface area contributed by atoms with Gasteiger partial charge in [0, 0.05) is 29.9 Å². The third kappa shape index (κ3) is 4.10. The van der Waals surface area contributed by atoms with Crippen LogP contribution in [-0.4, -0.2) is 20.7 Å². The number of amides is 1. The topological polar surface area (TPSA) is 79.8 Å². The SMILES string of the molecule is O=C(Nc1cc[nH]c(=O)c1)c1c2cccc(C(F)(F)F)c2nn1CC1CCCCC1. The van der Waals surface area contributed by atoms with Crippen LogP contribution in [-0.2, 0) is 12.7 Å². The second-order valence-electron chi connectivity index (χ2n) is 7.63. The molecule has 1 aromatic carbocycles. The van der Waals surface area contributed by atoms with E-state index in [2.05, 4.69) is 15.4 Å². The fourth-order valence-electron chi connectivity index (χ4n) is 4.08. The molecule has 0 saturated heterocycles. The van der Waals surface area contributed by atoms with Crippen molar-refractivity contribution in [3.63, 3.8) is 0 Å². The molecule has 6 nitrogen and oxygen atoms in total. The van der Waals surface area contributed by atoms with Crippen molar-refractivity contribution in [3.05, 3.63) is 58.1 Å². The number of aromatic nitrogens is 3. The third-order valence-electron chi connectivity index (χ3n) is 5.48. The van der Waals surface area contributed by atoms with Gasteiger partial charge in [-0.1, -0.05) is 31.4 Å². The van der Waals surface area contributed by atoms with Crippen molar-refractivity contribution in [1.82, 2.24) is 14.8 Å². The number of nitrogens with one attached hydrogen (secondary N) is 2. The smallest absolute Gasteiger partial charge is 0.329 e. The highest BCUT2D eigenvalue weighted by Crippen LogP contribution is 2.36. The van der Waals surface area contributed by atoms with E-state index >= 15 is 0 Å². The van der Waals surface area contributed by atoms with Crippen LogP contribution in [0.15, 0.2) is 41.3 Å². The van der Waals surface area contributed by atoms with E-state index < -0.39 is 23.2 Å². The summed E-state index contributed by atoms with van der Waals surface area (Å²) in [4.78, 5) is 27.0. The summed E-state index contributed by atoms with van der Waals surface area (Å²) in [7, 11) is 0. The molecule has 1 aliphatic carbocycles. The highest BCUT2D eigenvalue weighted by Gasteiger charge is 2.35. The van der Waals surface area contributed by atoms with Gasteiger partial charge in [-0.25, -0.2) is 0 Å². The molecule has 2 aromatic heterocycles. The zero-order valence-electron chi connectivity index (χ0n) is 16.1. The molecule has 0 unspecified atom stereocenters. The molecule has 3 aromatic rings. The summed E-state index contributed by atoms with van der Waals surface area (Å²) in [5.74, 6) is -0.341. The summed E-state index contributed by atoms with van der Waals surface area (Å²) in [6.45, 7) is 0.379. The minimum atomic E-state index is -4.58. The second kappa shape index (κ2) is 7.97. The maximum absolute atomic E-state index is 13.5. The first-order valence-electron chi connectivity index (χ1n) is 9.90. The van der Waals surface area contributed by atoms with E-state index in [4.69, 9.17) is 0 Å². The maximum Gasteiger partial charge on any atom is 0.418 e. The van der Waals surface area contributed by atoms with Crippen molar-refractivity contribution in [2.45, 2.75) is 44.8 Å². The molecule has 0 radical (unpaired) electrons. The zero-order chi connectivity index (χ0) is 21.3. The molecule has 158 valence electrons. The molecule has 1 fully saturated rings. The van der Waals surface area contributed by atoms with Crippen LogP contribution < -0.4 is 10.9 Å². The number of nitrogens with zero attached hydrogens (tertiary/aromatic N) is 2. The number of aromatic amines is 1. The van der Waals surface area contributed by atoms with E-state index in [1.165, 1.54) is 35.1 Å². The lowest BCUT2D eigenvalue weighted by Gasteiger charge is -2.22. The van der Waals surface area contributed by atoms with Gasteiger partial charge in [0.15, 0.2) is 0 Å². The van der Waals surface area contributed by atoms with Crippen molar-refractivity contribution in [2.24, 2.45) is 5.92 Å². The predicted octanol–water partition coefficient (Wildman–Crippen LogP) is 4.58. The van der Waals surface area contributed by atoms with Crippen LogP contribution in [0.3, 0.4) is 0 Å². The average Bonchev–Trinajstić information content (AvgIpc) is 3.05. The maximum atomic E-state index is 13.5. The first-order valence-corrected chi connectivity index (χ1v) is 9.90. The van der Waals surface area contributed by atoms with Crippen LogP contribution >= 0.6 is 0 Å². The van der Waals surface area contributed by atoms with Gasteiger partial charge in [-0.2, -0.15) is 18.3 Å². The van der Waals surface area contributed by atoms with Crippen LogP contribution in [0.25, 0.3) is 10.9 Å². The number of carbonyl (C=O) groups excluding carboxylic acids is 1. The number of hydrogen-bond acceptors (Lipinski definition) is 3. The lowest BCUT2D eigenvalue weighted by molar-refractivity contribution is -0.136. The molecule has 9 heteroatoms. The molecule has 0 bridgehead atoms. The number of H-pyrrole nitrogens is 1. The summed E-state index contributed by atoms with van der Waals surface area (Å²) in [5.41, 5.74) is -1.17. The van der Waals surface area contributed by atoms with Gasteiger partial charge in [0.25, 0.3) is 5.91 Å². The largest absolute Gasteiger partial charge is 0.418 e. The van der Waals surface area contributed by atoms with Gasteiger partial charge < -0.3 is 10.3 Å². The number of pyridine rings is 1. The van der Waals surface area contributed by atoms with E-state index in [1.54, 1.807) is 0 Å². The number of halogens is 3. The van der Waals surface area contributed by atoms with E-state index in [1.807, 2.05) is 0 Å². The Labute approximate surface area is 170 Å². The number of rotatable bonds is 4. The summed E-state index contributed by atoms with van der Waals surface area (Å²) in [6, 6.07) is 6.44. The molecule has 0 aliphatic heterocycles. The number of carbonyl (C=O) groups is 1. The Morgan fingerprint density at radius 3 is 2.67 bits per heavy atom. The molecule has 2 heterocycles. The van der Waals surface area contributed by atoms with Crippen LogP contribution in [0.1, 0.15) is 48.2 Å². The Hall–Kier alpha value is -3.10. The monoisotopic (exact) mass is 418 g/mol. The second-order valence-corrected chi connectivity index (χ2v) is 7.63. The van der Waals surface area contributed by atoms with Crippen LogP contribution in [0, 0.1) is 5.92 Å². The Bertz CT molecular complexity index is 1130. The Morgan fingerprint density at radius 2 is 1.97 bits per heavy atom. The molecule has 1 amide bonds. The quantitative estimate of drug-likeness (QED) is 0.651. The zero-order valence-corrected chi connectivity index (χ0v) is 16.1. The van der Waals surface area contributed by atoms with Gasteiger partial charge in [0.2, 0.25) is 5.56 Å². The summed E-state index contributed by atoms with van der Waals surface area (Å²) in [6.07, 6.45) is 1.99. The summed E-state index contributed by atoms with van der Waals surface area (Å²) < 4.78 is 42.0. The van der Waals surface area contributed by atoms with Crippen molar-refractivity contribution in [3.8, 4) is 0 Å².